The van der Waals surface area contributed by atoms with Crippen molar-refractivity contribution in [3.63, 3.8) is 0 Å². The SMILES string of the molecule is Cc1onc(C(=O)NC23CC4CC(CC(C4)C2)C3)c1Cn1cc([N+](=O)[O-])cn1. The molecule has 0 aromatic carbocycles. The van der Waals surface area contributed by atoms with Crippen molar-refractivity contribution in [3.05, 3.63) is 39.5 Å². The quantitative estimate of drug-likeness (QED) is 0.625. The predicted octanol–water partition coefficient (Wildman–Crippen LogP) is 2.83. The lowest BCUT2D eigenvalue weighted by Gasteiger charge is -2.56. The highest BCUT2D eigenvalue weighted by Gasteiger charge is 2.51. The van der Waals surface area contributed by atoms with Crippen LogP contribution in [0, 0.1) is 34.8 Å². The maximum absolute atomic E-state index is 13.1. The Hall–Kier alpha value is -2.71. The molecule has 148 valence electrons. The van der Waals surface area contributed by atoms with E-state index >= 15 is 0 Å². The summed E-state index contributed by atoms with van der Waals surface area (Å²) in [5, 5.41) is 22.2. The van der Waals surface area contributed by atoms with E-state index in [-0.39, 0.29) is 29.4 Å². The summed E-state index contributed by atoms with van der Waals surface area (Å²) < 4.78 is 6.71. The van der Waals surface area contributed by atoms with Crippen LogP contribution in [0.2, 0.25) is 0 Å². The maximum atomic E-state index is 13.1. The van der Waals surface area contributed by atoms with E-state index < -0.39 is 4.92 Å². The van der Waals surface area contributed by atoms with E-state index in [1.807, 2.05) is 0 Å². The fourth-order valence-electron chi connectivity index (χ4n) is 6.01. The van der Waals surface area contributed by atoms with Crippen molar-refractivity contribution >= 4 is 11.6 Å². The molecule has 4 aliphatic rings. The third-order valence-electron chi connectivity index (χ3n) is 6.77. The minimum Gasteiger partial charge on any atom is -0.361 e. The third kappa shape index (κ3) is 2.89. The first-order valence-corrected chi connectivity index (χ1v) is 9.85. The van der Waals surface area contributed by atoms with Gasteiger partial charge in [0.2, 0.25) is 0 Å². The van der Waals surface area contributed by atoms with Crippen LogP contribution in [0.3, 0.4) is 0 Å². The van der Waals surface area contributed by atoms with Gasteiger partial charge in [-0.1, -0.05) is 5.16 Å². The molecule has 9 heteroatoms. The molecule has 0 spiro atoms. The van der Waals surface area contributed by atoms with Gasteiger partial charge in [0.05, 0.1) is 11.5 Å². The van der Waals surface area contributed by atoms with Crippen LogP contribution in [0.15, 0.2) is 16.9 Å². The van der Waals surface area contributed by atoms with Gasteiger partial charge in [0.1, 0.15) is 18.2 Å². The maximum Gasteiger partial charge on any atom is 0.307 e. The van der Waals surface area contributed by atoms with Crippen LogP contribution in [0.5, 0.6) is 0 Å². The summed E-state index contributed by atoms with van der Waals surface area (Å²) in [6, 6.07) is 0. The molecule has 0 radical (unpaired) electrons. The average Bonchev–Trinajstić information content (AvgIpc) is 3.21. The first-order valence-electron chi connectivity index (χ1n) is 9.85. The Kier molecular flexibility index (Phi) is 3.82. The summed E-state index contributed by atoms with van der Waals surface area (Å²) in [4.78, 5) is 23.5. The molecule has 0 saturated heterocycles. The fraction of sp³-hybridized carbons (Fsp3) is 0.632. The zero-order valence-corrected chi connectivity index (χ0v) is 15.8. The van der Waals surface area contributed by atoms with Gasteiger partial charge in [0.25, 0.3) is 5.91 Å². The number of aromatic nitrogens is 3. The van der Waals surface area contributed by atoms with Crippen molar-refractivity contribution in [3.8, 4) is 0 Å². The van der Waals surface area contributed by atoms with E-state index in [2.05, 4.69) is 15.6 Å². The van der Waals surface area contributed by atoms with Crippen LogP contribution in [0.25, 0.3) is 0 Å². The number of aryl methyl sites for hydroxylation is 1. The first kappa shape index (κ1) is 17.4. The Morgan fingerprint density at radius 1 is 1.32 bits per heavy atom. The molecule has 4 fully saturated rings. The van der Waals surface area contributed by atoms with Gasteiger partial charge in [-0.2, -0.15) is 5.10 Å². The van der Waals surface area contributed by atoms with Crippen molar-refractivity contribution in [1.82, 2.24) is 20.3 Å². The van der Waals surface area contributed by atoms with Gasteiger partial charge in [-0.05, 0) is 63.2 Å². The van der Waals surface area contributed by atoms with Gasteiger partial charge in [-0.15, -0.1) is 0 Å². The third-order valence-corrected chi connectivity index (χ3v) is 6.77. The number of nitrogens with zero attached hydrogens (tertiary/aromatic N) is 4. The molecule has 2 aromatic rings. The minimum absolute atomic E-state index is 0.0892. The molecule has 4 aliphatic carbocycles. The highest BCUT2D eigenvalue weighted by molar-refractivity contribution is 5.94. The summed E-state index contributed by atoms with van der Waals surface area (Å²) >= 11 is 0. The normalized spacial score (nSPS) is 30.5. The smallest absolute Gasteiger partial charge is 0.307 e. The number of amides is 1. The van der Waals surface area contributed by atoms with Gasteiger partial charge in [-0.3, -0.25) is 19.6 Å². The molecule has 9 nitrogen and oxygen atoms in total. The number of rotatable bonds is 5. The summed E-state index contributed by atoms with van der Waals surface area (Å²) in [5.41, 5.74) is 0.667. The minimum atomic E-state index is -0.495. The molecular formula is C19H23N5O4. The Morgan fingerprint density at radius 3 is 2.54 bits per heavy atom. The van der Waals surface area contributed by atoms with Crippen LogP contribution in [0.1, 0.15) is 60.3 Å². The van der Waals surface area contributed by atoms with E-state index in [1.165, 1.54) is 36.3 Å². The number of nitro groups is 1. The largest absolute Gasteiger partial charge is 0.361 e. The molecule has 1 N–H and O–H groups in total. The highest BCUT2D eigenvalue weighted by Crippen LogP contribution is 2.55. The molecule has 4 saturated carbocycles. The van der Waals surface area contributed by atoms with E-state index in [1.54, 1.807) is 6.92 Å². The van der Waals surface area contributed by atoms with Gasteiger partial charge in [0, 0.05) is 11.1 Å². The topological polar surface area (TPSA) is 116 Å². The summed E-state index contributed by atoms with van der Waals surface area (Å²) in [5.74, 6) is 2.50. The average molecular weight is 385 g/mol. The second-order valence-corrected chi connectivity index (χ2v) is 8.87. The molecule has 28 heavy (non-hydrogen) atoms. The van der Waals surface area contributed by atoms with Crippen molar-refractivity contribution in [1.29, 1.82) is 0 Å². The number of hydrogen-bond donors (Lipinski definition) is 1. The molecule has 6 rings (SSSR count). The highest BCUT2D eigenvalue weighted by atomic mass is 16.6. The lowest BCUT2D eigenvalue weighted by atomic mass is 9.53. The van der Waals surface area contributed by atoms with Crippen molar-refractivity contribution < 1.29 is 14.2 Å². The van der Waals surface area contributed by atoms with Crippen molar-refractivity contribution in [2.45, 2.75) is 57.5 Å². The van der Waals surface area contributed by atoms with Gasteiger partial charge < -0.3 is 9.84 Å². The van der Waals surface area contributed by atoms with Crippen LogP contribution in [0.4, 0.5) is 5.69 Å². The fourth-order valence-corrected chi connectivity index (χ4v) is 6.01. The number of nitrogens with one attached hydrogen (secondary N) is 1. The van der Waals surface area contributed by atoms with Crippen LogP contribution in [-0.2, 0) is 6.54 Å². The molecule has 4 bridgehead atoms. The lowest BCUT2D eigenvalue weighted by Crippen LogP contribution is -2.60. The zero-order chi connectivity index (χ0) is 19.5. The van der Waals surface area contributed by atoms with Gasteiger partial charge >= 0.3 is 5.69 Å². The van der Waals surface area contributed by atoms with Crippen LogP contribution in [-0.4, -0.2) is 31.3 Å². The van der Waals surface area contributed by atoms with Crippen LogP contribution < -0.4 is 5.32 Å². The van der Waals surface area contributed by atoms with Gasteiger partial charge in [-0.25, -0.2) is 0 Å². The monoisotopic (exact) mass is 385 g/mol. The Morgan fingerprint density at radius 2 is 1.96 bits per heavy atom. The molecule has 1 amide bonds. The molecule has 0 atom stereocenters. The zero-order valence-electron chi connectivity index (χ0n) is 15.8. The summed E-state index contributed by atoms with van der Waals surface area (Å²) in [6.45, 7) is 1.94. The summed E-state index contributed by atoms with van der Waals surface area (Å²) in [7, 11) is 0. The lowest BCUT2D eigenvalue weighted by molar-refractivity contribution is -0.385. The Balaban J connectivity index is 1.36. The molecule has 0 aliphatic heterocycles. The van der Waals surface area contributed by atoms with Crippen molar-refractivity contribution in [2.75, 3.05) is 0 Å². The van der Waals surface area contributed by atoms with Gasteiger partial charge in [0.15, 0.2) is 5.69 Å². The molecular weight excluding hydrogens is 362 g/mol. The Bertz CT molecular complexity index is 911. The predicted molar refractivity (Wildman–Crippen MR) is 97.6 cm³/mol. The van der Waals surface area contributed by atoms with E-state index in [4.69, 9.17) is 4.52 Å². The summed E-state index contributed by atoms with van der Waals surface area (Å²) in [6.07, 6.45) is 9.63. The second kappa shape index (κ2) is 6.15. The van der Waals surface area contributed by atoms with E-state index in [0.717, 1.165) is 37.0 Å². The number of hydrogen-bond acceptors (Lipinski definition) is 6. The standard InChI is InChI=1S/C19H23N5O4/c1-11-16(10-23-9-15(8-20-23)24(26)27)17(22-28-11)18(25)21-19-5-12-2-13(6-19)4-14(3-12)7-19/h8-9,12-14H,2-7,10H2,1H3,(H,21,25). The molecule has 0 unspecified atom stereocenters. The van der Waals surface area contributed by atoms with Crippen LogP contribution >= 0.6 is 0 Å². The number of carbonyl (C=O) groups excluding carboxylic acids is 1. The second-order valence-electron chi connectivity index (χ2n) is 8.87. The molecule has 2 aromatic heterocycles. The van der Waals surface area contributed by atoms with E-state index in [0.29, 0.717) is 11.3 Å². The Labute approximate surface area is 161 Å². The number of carbonyl (C=O) groups is 1. The van der Waals surface area contributed by atoms with E-state index in [9.17, 15) is 14.9 Å². The van der Waals surface area contributed by atoms with Crippen molar-refractivity contribution in [2.24, 2.45) is 17.8 Å². The first-order chi connectivity index (χ1) is 13.4. The molecule has 2 heterocycles.